The van der Waals surface area contributed by atoms with E-state index in [0.29, 0.717) is 0 Å². The maximum Gasteiger partial charge on any atom is 0.123 e. The van der Waals surface area contributed by atoms with Crippen LogP contribution in [-0.2, 0) is 6.42 Å². The Morgan fingerprint density at radius 3 is 2.75 bits per heavy atom. The zero-order chi connectivity index (χ0) is 13.8. The molecule has 0 saturated carbocycles. The van der Waals surface area contributed by atoms with Crippen molar-refractivity contribution in [2.24, 2.45) is 0 Å². The van der Waals surface area contributed by atoms with Crippen LogP contribution < -0.4 is 0 Å². The van der Waals surface area contributed by atoms with Gasteiger partial charge in [-0.1, -0.05) is 30.3 Å². The molecular formula is C17H14FNS. The van der Waals surface area contributed by atoms with Gasteiger partial charge < -0.3 is 0 Å². The summed E-state index contributed by atoms with van der Waals surface area (Å²) in [4.78, 5) is 5.62. The zero-order valence-electron chi connectivity index (χ0n) is 10.9. The topological polar surface area (TPSA) is 12.9 Å². The highest BCUT2D eigenvalue weighted by Crippen LogP contribution is 2.26. The lowest BCUT2D eigenvalue weighted by molar-refractivity contribution is 0.626. The minimum absolute atomic E-state index is 0.167. The molecule has 0 amide bonds. The van der Waals surface area contributed by atoms with Gasteiger partial charge in [0.15, 0.2) is 0 Å². The predicted molar refractivity (Wildman–Crippen MR) is 82.6 cm³/mol. The number of hydrogen-bond acceptors (Lipinski definition) is 2. The molecule has 1 heterocycles. The van der Waals surface area contributed by atoms with Crippen LogP contribution >= 0.6 is 11.8 Å². The Bertz CT molecular complexity index is 722. The van der Waals surface area contributed by atoms with E-state index in [0.717, 1.165) is 28.6 Å². The molecule has 0 radical (unpaired) electrons. The molecular weight excluding hydrogens is 269 g/mol. The molecule has 0 bridgehead atoms. The Hall–Kier alpha value is -1.87. The smallest absolute Gasteiger partial charge is 0.123 e. The molecule has 1 nitrogen and oxygen atoms in total. The fourth-order valence-electron chi connectivity index (χ4n) is 2.16. The second kappa shape index (κ2) is 6.06. The molecule has 0 fully saturated rings. The summed E-state index contributed by atoms with van der Waals surface area (Å²) < 4.78 is 13.1. The number of fused-ring (bicyclic) bond motifs is 1. The van der Waals surface area contributed by atoms with Gasteiger partial charge in [-0.25, -0.2) is 4.39 Å². The van der Waals surface area contributed by atoms with Crippen LogP contribution in [0.1, 0.15) is 5.56 Å². The second-order valence-corrected chi connectivity index (χ2v) is 5.70. The highest BCUT2D eigenvalue weighted by Gasteiger charge is 2.03. The van der Waals surface area contributed by atoms with E-state index >= 15 is 0 Å². The largest absolute Gasteiger partial charge is 0.255 e. The van der Waals surface area contributed by atoms with Crippen LogP contribution in [0, 0.1) is 5.82 Å². The summed E-state index contributed by atoms with van der Waals surface area (Å²) in [6.07, 6.45) is 2.67. The molecule has 0 aliphatic heterocycles. The SMILES string of the molecule is Fc1cccc(CCSc2cccc3cccnc23)c1. The van der Waals surface area contributed by atoms with Gasteiger partial charge in [0.05, 0.1) is 5.52 Å². The van der Waals surface area contributed by atoms with Crippen LogP contribution in [0.3, 0.4) is 0 Å². The van der Waals surface area contributed by atoms with Gasteiger partial charge in [0, 0.05) is 22.2 Å². The van der Waals surface area contributed by atoms with Crippen molar-refractivity contribution in [3.63, 3.8) is 0 Å². The van der Waals surface area contributed by atoms with Crippen molar-refractivity contribution in [3.05, 3.63) is 72.2 Å². The molecule has 0 saturated heterocycles. The number of thioether (sulfide) groups is 1. The van der Waals surface area contributed by atoms with E-state index in [-0.39, 0.29) is 5.82 Å². The molecule has 20 heavy (non-hydrogen) atoms. The monoisotopic (exact) mass is 283 g/mol. The quantitative estimate of drug-likeness (QED) is 0.643. The van der Waals surface area contributed by atoms with Crippen molar-refractivity contribution in [1.29, 1.82) is 0 Å². The van der Waals surface area contributed by atoms with Crippen LogP contribution in [0.2, 0.25) is 0 Å². The van der Waals surface area contributed by atoms with Crippen LogP contribution in [0.25, 0.3) is 10.9 Å². The third-order valence-electron chi connectivity index (χ3n) is 3.13. The third-order valence-corrected chi connectivity index (χ3v) is 4.18. The summed E-state index contributed by atoms with van der Waals surface area (Å²) in [5.74, 6) is 0.749. The summed E-state index contributed by atoms with van der Waals surface area (Å²) in [6.45, 7) is 0. The Morgan fingerprint density at radius 1 is 1.00 bits per heavy atom. The maximum absolute atomic E-state index is 13.1. The first-order valence-corrected chi connectivity index (χ1v) is 7.52. The van der Waals surface area contributed by atoms with Gasteiger partial charge in [-0.3, -0.25) is 4.98 Å². The summed E-state index contributed by atoms with van der Waals surface area (Å²) in [5, 5.41) is 1.16. The molecule has 100 valence electrons. The van der Waals surface area contributed by atoms with Gasteiger partial charge in [-0.05, 0) is 36.2 Å². The van der Waals surface area contributed by atoms with E-state index in [1.165, 1.54) is 11.0 Å². The van der Waals surface area contributed by atoms with E-state index in [1.807, 2.05) is 18.3 Å². The number of aromatic nitrogens is 1. The van der Waals surface area contributed by atoms with Crippen molar-refractivity contribution < 1.29 is 4.39 Å². The first-order chi connectivity index (χ1) is 9.83. The molecule has 3 rings (SSSR count). The minimum Gasteiger partial charge on any atom is -0.255 e. The number of nitrogens with zero attached hydrogens (tertiary/aromatic N) is 1. The number of pyridine rings is 1. The second-order valence-electron chi connectivity index (χ2n) is 4.56. The van der Waals surface area contributed by atoms with Crippen LogP contribution in [0.15, 0.2) is 65.7 Å². The first kappa shape index (κ1) is 13.1. The van der Waals surface area contributed by atoms with E-state index in [9.17, 15) is 4.39 Å². The average Bonchev–Trinajstić information content (AvgIpc) is 2.48. The average molecular weight is 283 g/mol. The van der Waals surface area contributed by atoms with Crippen molar-refractivity contribution in [2.75, 3.05) is 5.75 Å². The molecule has 0 aliphatic carbocycles. The lowest BCUT2D eigenvalue weighted by Gasteiger charge is -2.05. The number of benzene rings is 2. The fraction of sp³-hybridized carbons (Fsp3) is 0.118. The summed E-state index contributed by atoms with van der Waals surface area (Å²) >= 11 is 1.77. The zero-order valence-corrected chi connectivity index (χ0v) is 11.7. The highest BCUT2D eigenvalue weighted by atomic mass is 32.2. The van der Waals surface area contributed by atoms with Crippen LogP contribution in [-0.4, -0.2) is 10.7 Å². The van der Waals surface area contributed by atoms with Crippen molar-refractivity contribution >= 4 is 22.7 Å². The maximum atomic E-state index is 13.1. The molecule has 0 atom stereocenters. The van der Waals surface area contributed by atoms with Crippen molar-refractivity contribution in [1.82, 2.24) is 4.98 Å². The Balaban J connectivity index is 1.71. The molecule has 0 spiro atoms. The molecule has 0 aliphatic rings. The molecule has 3 aromatic rings. The predicted octanol–water partition coefficient (Wildman–Crippen LogP) is 4.71. The molecule has 0 N–H and O–H groups in total. The van der Waals surface area contributed by atoms with Crippen LogP contribution in [0.4, 0.5) is 4.39 Å². The standard InChI is InChI=1S/C17H14FNS/c18-15-7-1-4-13(12-15)9-11-20-16-8-2-5-14-6-3-10-19-17(14)16/h1-8,10,12H,9,11H2. The molecule has 2 aromatic carbocycles. The first-order valence-electron chi connectivity index (χ1n) is 6.54. The van der Waals surface area contributed by atoms with Gasteiger partial charge in [0.25, 0.3) is 0 Å². The summed E-state index contributed by atoms with van der Waals surface area (Å²) in [7, 11) is 0. The van der Waals surface area contributed by atoms with E-state index in [1.54, 1.807) is 23.9 Å². The van der Waals surface area contributed by atoms with Gasteiger partial charge in [0.2, 0.25) is 0 Å². The van der Waals surface area contributed by atoms with E-state index in [2.05, 4.69) is 29.2 Å². The Labute approximate surface area is 121 Å². The van der Waals surface area contributed by atoms with Crippen molar-refractivity contribution in [2.45, 2.75) is 11.3 Å². The van der Waals surface area contributed by atoms with Crippen molar-refractivity contribution in [3.8, 4) is 0 Å². The Morgan fingerprint density at radius 2 is 1.85 bits per heavy atom. The van der Waals surface area contributed by atoms with Gasteiger partial charge in [0.1, 0.15) is 5.82 Å². The summed E-state index contributed by atoms with van der Waals surface area (Å²) in [5.41, 5.74) is 2.07. The Kier molecular flexibility index (Phi) is 3.97. The minimum atomic E-state index is -0.167. The lowest BCUT2D eigenvalue weighted by atomic mass is 10.2. The van der Waals surface area contributed by atoms with E-state index in [4.69, 9.17) is 0 Å². The number of rotatable bonds is 4. The summed E-state index contributed by atoms with van der Waals surface area (Å²) in [6, 6.07) is 17.0. The number of aryl methyl sites for hydroxylation is 1. The third kappa shape index (κ3) is 2.99. The normalized spacial score (nSPS) is 10.8. The fourth-order valence-corrected chi connectivity index (χ4v) is 3.20. The van der Waals surface area contributed by atoms with Crippen LogP contribution in [0.5, 0.6) is 0 Å². The number of hydrogen-bond donors (Lipinski definition) is 0. The number of halogens is 1. The van der Waals surface area contributed by atoms with E-state index < -0.39 is 0 Å². The molecule has 1 aromatic heterocycles. The van der Waals surface area contributed by atoms with Gasteiger partial charge in [-0.15, -0.1) is 11.8 Å². The van der Waals surface area contributed by atoms with Gasteiger partial charge >= 0.3 is 0 Å². The molecule has 3 heteroatoms. The molecule has 0 unspecified atom stereocenters. The number of para-hydroxylation sites is 1. The highest BCUT2D eigenvalue weighted by molar-refractivity contribution is 7.99. The van der Waals surface area contributed by atoms with Gasteiger partial charge in [-0.2, -0.15) is 0 Å². The lowest BCUT2D eigenvalue weighted by Crippen LogP contribution is -1.90.